The number of aryl methyl sites for hydroxylation is 2. The number of carbonyl (C=O) groups excluding carboxylic acids is 1. The number of hydrogen-bond acceptors (Lipinski definition) is 2. The number of rotatable bonds is 3. The third-order valence-electron chi connectivity index (χ3n) is 3.12. The molecule has 0 amide bonds. The topological polar surface area (TPSA) is 40.9 Å². The average molecular weight is 261 g/mol. The van der Waals surface area contributed by atoms with Gasteiger partial charge in [0.25, 0.3) is 0 Å². The lowest BCUT2D eigenvalue weighted by atomic mass is 10.0. The predicted molar refractivity (Wildman–Crippen MR) is 80.4 cm³/mol. The van der Waals surface area contributed by atoms with E-state index >= 15 is 0 Å². The Kier molecular flexibility index (Phi) is 4.12. The third-order valence-corrected chi connectivity index (χ3v) is 3.12. The van der Waals surface area contributed by atoms with Crippen LogP contribution >= 0.6 is 0 Å². The van der Waals surface area contributed by atoms with Crippen molar-refractivity contribution in [2.75, 3.05) is 0 Å². The summed E-state index contributed by atoms with van der Waals surface area (Å²) in [6.07, 6.45) is 3.37. The van der Waals surface area contributed by atoms with Crippen LogP contribution in [0.2, 0.25) is 0 Å². The lowest BCUT2D eigenvalue weighted by Crippen LogP contribution is -1.94. The van der Waals surface area contributed by atoms with Gasteiger partial charge < -0.3 is 0 Å². The van der Waals surface area contributed by atoms with E-state index < -0.39 is 0 Å². The van der Waals surface area contributed by atoms with E-state index in [9.17, 15) is 4.79 Å². The van der Waals surface area contributed by atoms with Gasteiger partial charge in [-0.25, -0.2) is 0 Å². The molecule has 0 spiro atoms. The average Bonchev–Trinajstić information content (AvgIpc) is 2.46. The fraction of sp³-hybridized carbons (Fsp3) is 0.111. The van der Waals surface area contributed by atoms with Crippen molar-refractivity contribution in [2.24, 2.45) is 0 Å². The molecule has 0 radical (unpaired) electrons. The standard InChI is InChI=1S/C18H15NO/c1-13-6-7-16(14(2)10-13)8-9-18(20)17-5-3-4-15(11-17)12-19/h3-11H,1-2H3/b9-8+. The Bertz CT molecular complexity index is 720. The third kappa shape index (κ3) is 3.21. The van der Waals surface area contributed by atoms with Gasteiger partial charge in [-0.1, -0.05) is 42.0 Å². The van der Waals surface area contributed by atoms with Crippen LogP contribution in [0.1, 0.15) is 32.6 Å². The molecule has 0 aromatic heterocycles. The van der Waals surface area contributed by atoms with Crippen molar-refractivity contribution in [1.82, 2.24) is 0 Å². The molecule has 0 N–H and O–H groups in total. The Morgan fingerprint density at radius 3 is 2.65 bits per heavy atom. The molecule has 0 saturated carbocycles. The van der Waals surface area contributed by atoms with Gasteiger partial charge in [0.05, 0.1) is 11.6 Å². The van der Waals surface area contributed by atoms with Crippen molar-refractivity contribution in [3.8, 4) is 6.07 Å². The number of ketones is 1. The van der Waals surface area contributed by atoms with Gasteiger partial charge >= 0.3 is 0 Å². The molecule has 2 nitrogen and oxygen atoms in total. The van der Waals surface area contributed by atoms with Crippen LogP contribution < -0.4 is 0 Å². The lowest BCUT2D eigenvalue weighted by molar-refractivity contribution is 0.104. The maximum absolute atomic E-state index is 12.1. The van der Waals surface area contributed by atoms with E-state index in [2.05, 4.69) is 6.07 Å². The highest BCUT2D eigenvalue weighted by Crippen LogP contribution is 2.13. The second-order valence-electron chi connectivity index (χ2n) is 4.75. The largest absolute Gasteiger partial charge is 0.289 e. The lowest BCUT2D eigenvalue weighted by Gasteiger charge is -2.01. The van der Waals surface area contributed by atoms with Gasteiger partial charge in [-0.3, -0.25) is 4.79 Å². The number of allylic oxidation sites excluding steroid dienone is 1. The first-order chi connectivity index (χ1) is 9.60. The van der Waals surface area contributed by atoms with Gasteiger partial charge in [-0.2, -0.15) is 5.26 Å². The molecule has 0 saturated heterocycles. The second kappa shape index (κ2) is 5.99. The van der Waals surface area contributed by atoms with Crippen molar-refractivity contribution in [1.29, 1.82) is 5.26 Å². The van der Waals surface area contributed by atoms with Crippen LogP contribution in [0.3, 0.4) is 0 Å². The van der Waals surface area contributed by atoms with Crippen LogP contribution in [0, 0.1) is 25.2 Å². The monoisotopic (exact) mass is 261 g/mol. The molecule has 0 fully saturated rings. The van der Waals surface area contributed by atoms with Crippen molar-refractivity contribution in [3.63, 3.8) is 0 Å². The van der Waals surface area contributed by atoms with Gasteiger partial charge in [-0.05, 0) is 43.2 Å². The zero-order valence-corrected chi connectivity index (χ0v) is 11.6. The first-order valence-electron chi connectivity index (χ1n) is 6.40. The van der Waals surface area contributed by atoms with E-state index in [1.54, 1.807) is 30.3 Å². The van der Waals surface area contributed by atoms with Gasteiger partial charge in [0, 0.05) is 5.56 Å². The summed E-state index contributed by atoms with van der Waals surface area (Å²) in [7, 11) is 0. The Hall–Kier alpha value is -2.66. The molecule has 0 heterocycles. The normalized spacial score (nSPS) is 10.4. The number of nitriles is 1. The molecule has 2 heteroatoms. The zero-order valence-electron chi connectivity index (χ0n) is 11.6. The first-order valence-corrected chi connectivity index (χ1v) is 6.40. The molecule has 0 bridgehead atoms. The minimum Gasteiger partial charge on any atom is -0.289 e. The highest BCUT2D eigenvalue weighted by molar-refractivity contribution is 6.07. The molecule has 2 aromatic rings. The Morgan fingerprint density at radius 1 is 1.15 bits per heavy atom. The minimum absolute atomic E-state index is 0.0953. The summed E-state index contributed by atoms with van der Waals surface area (Å²) in [5.41, 5.74) is 4.40. The highest BCUT2D eigenvalue weighted by atomic mass is 16.1. The van der Waals surface area contributed by atoms with Gasteiger partial charge in [0.2, 0.25) is 0 Å². The summed E-state index contributed by atoms with van der Waals surface area (Å²) in [4.78, 5) is 12.1. The number of hydrogen-bond donors (Lipinski definition) is 0. The van der Waals surface area contributed by atoms with Crippen LogP contribution in [0.4, 0.5) is 0 Å². The van der Waals surface area contributed by atoms with Crippen LogP contribution in [0.25, 0.3) is 6.08 Å². The van der Waals surface area contributed by atoms with Crippen LogP contribution in [-0.2, 0) is 0 Å². The zero-order chi connectivity index (χ0) is 14.5. The molecule has 98 valence electrons. The van der Waals surface area contributed by atoms with E-state index in [0.29, 0.717) is 11.1 Å². The summed E-state index contributed by atoms with van der Waals surface area (Å²) in [6, 6.07) is 14.9. The van der Waals surface area contributed by atoms with Crippen molar-refractivity contribution in [2.45, 2.75) is 13.8 Å². The predicted octanol–water partition coefficient (Wildman–Crippen LogP) is 4.07. The minimum atomic E-state index is -0.0953. The van der Waals surface area contributed by atoms with Crippen molar-refractivity contribution < 1.29 is 4.79 Å². The molecule has 0 aliphatic rings. The highest BCUT2D eigenvalue weighted by Gasteiger charge is 2.03. The quantitative estimate of drug-likeness (QED) is 0.617. The molecule has 2 rings (SSSR count). The van der Waals surface area contributed by atoms with Crippen LogP contribution in [-0.4, -0.2) is 5.78 Å². The molecular weight excluding hydrogens is 246 g/mol. The van der Waals surface area contributed by atoms with E-state index in [-0.39, 0.29) is 5.78 Å². The molecule has 0 aliphatic heterocycles. The Labute approximate surface area is 119 Å². The number of nitrogens with zero attached hydrogens (tertiary/aromatic N) is 1. The van der Waals surface area contributed by atoms with E-state index in [1.807, 2.05) is 38.1 Å². The second-order valence-corrected chi connectivity index (χ2v) is 4.75. The maximum Gasteiger partial charge on any atom is 0.185 e. The fourth-order valence-electron chi connectivity index (χ4n) is 2.02. The summed E-state index contributed by atoms with van der Waals surface area (Å²) in [5.74, 6) is -0.0953. The van der Waals surface area contributed by atoms with Crippen LogP contribution in [0.5, 0.6) is 0 Å². The molecule has 0 atom stereocenters. The van der Waals surface area contributed by atoms with E-state index in [4.69, 9.17) is 5.26 Å². The summed E-state index contributed by atoms with van der Waals surface area (Å²) >= 11 is 0. The fourth-order valence-corrected chi connectivity index (χ4v) is 2.02. The summed E-state index contributed by atoms with van der Waals surface area (Å²) in [6.45, 7) is 4.06. The van der Waals surface area contributed by atoms with Crippen LogP contribution in [0.15, 0.2) is 48.5 Å². The summed E-state index contributed by atoms with van der Waals surface area (Å²) < 4.78 is 0. The molecule has 0 unspecified atom stereocenters. The Balaban J connectivity index is 2.22. The molecule has 0 aliphatic carbocycles. The van der Waals surface area contributed by atoms with Crippen molar-refractivity contribution in [3.05, 3.63) is 76.4 Å². The van der Waals surface area contributed by atoms with Gasteiger partial charge in [0.15, 0.2) is 5.78 Å². The number of benzene rings is 2. The van der Waals surface area contributed by atoms with E-state index in [0.717, 1.165) is 11.1 Å². The molecular formula is C18H15NO. The first kappa shape index (κ1) is 13.8. The van der Waals surface area contributed by atoms with Gasteiger partial charge in [0.1, 0.15) is 0 Å². The number of carbonyl (C=O) groups is 1. The Morgan fingerprint density at radius 2 is 1.95 bits per heavy atom. The van der Waals surface area contributed by atoms with Gasteiger partial charge in [-0.15, -0.1) is 0 Å². The summed E-state index contributed by atoms with van der Waals surface area (Å²) in [5, 5.41) is 8.83. The molecule has 2 aromatic carbocycles. The smallest absolute Gasteiger partial charge is 0.185 e. The SMILES string of the molecule is Cc1ccc(/C=C/C(=O)c2cccc(C#N)c2)c(C)c1. The van der Waals surface area contributed by atoms with Crippen molar-refractivity contribution >= 4 is 11.9 Å². The maximum atomic E-state index is 12.1. The molecule has 20 heavy (non-hydrogen) atoms. The van der Waals surface area contributed by atoms with E-state index in [1.165, 1.54) is 5.56 Å².